The first-order chi connectivity index (χ1) is 13.7. The molecule has 28 heavy (non-hydrogen) atoms. The van der Waals surface area contributed by atoms with Crippen LogP contribution in [0.2, 0.25) is 0 Å². The molecule has 0 atom stereocenters. The van der Waals surface area contributed by atoms with Gasteiger partial charge < -0.3 is 19.2 Å². The van der Waals surface area contributed by atoms with Crippen molar-refractivity contribution >= 4 is 17.2 Å². The SMILES string of the molecule is COc1ccc(C2(C(=O)NCc3ccc(-c4cccs4)o3)CCOCC2)cc1. The standard InChI is InChI=1S/C22H23NO4S/c1-25-17-6-4-16(5-7-17)22(10-12-26-13-11-22)21(24)23-15-18-8-9-19(27-18)20-3-2-14-28-20/h2-9,14H,10-13,15H2,1H3,(H,23,24). The second-order valence-corrected chi connectivity index (χ2v) is 7.80. The molecule has 6 heteroatoms. The zero-order valence-electron chi connectivity index (χ0n) is 15.8. The number of methoxy groups -OCH3 is 1. The van der Waals surface area contributed by atoms with Gasteiger partial charge in [-0.05, 0) is 54.1 Å². The van der Waals surface area contributed by atoms with Crippen LogP contribution in [-0.2, 0) is 21.5 Å². The lowest BCUT2D eigenvalue weighted by Gasteiger charge is -2.36. The van der Waals surface area contributed by atoms with E-state index < -0.39 is 5.41 Å². The Morgan fingerprint density at radius 1 is 1.14 bits per heavy atom. The van der Waals surface area contributed by atoms with E-state index in [1.54, 1.807) is 18.4 Å². The zero-order chi connectivity index (χ0) is 19.4. The largest absolute Gasteiger partial charge is 0.497 e. The Balaban J connectivity index is 1.50. The van der Waals surface area contributed by atoms with Gasteiger partial charge in [0.05, 0.1) is 23.9 Å². The number of carbonyl (C=O) groups excluding carboxylic acids is 1. The number of carbonyl (C=O) groups is 1. The van der Waals surface area contributed by atoms with E-state index in [-0.39, 0.29) is 5.91 Å². The minimum Gasteiger partial charge on any atom is -0.497 e. The third-order valence-corrected chi connectivity index (χ3v) is 6.16. The Morgan fingerprint density at radius 3 is 2.61 bits per heavy atom. The maximum atomic E-state index is 13.2. The highest BCUT2D eigenvalue weighted by molar-refractivity contribution is 7.13. The lowest BCUT2D eigenvalue weighted by Crippen LogP contribution is -2.47. The van der Waals surface area contributed by atoms with Gasteiger partial charge in [0.2, 0.25) is 5.91 Å². The molecule has 0 unspecified atom stereocenters. The van der Waals surface area contributed by atoms with Gasteiger partial charge in [0, 0.05) is 13.2 Å². The topological polar surface area (TPSA) is 60.7 Å². The first kappa shape index (κ1) is 18.8. The summed E-state index contributed by atoms with van der Waals surface area (Å²) in [5.41, 5.74) is 0.404. The Bertz CT molecular complexity index is 908. The summed E-state index contributed by atoms with van der Waals surface area (Å²) in [5.74, 6) is 2.36. The highest BCUT2D eigenvalue weighted by atomic mass is 32.1. The maximum absolute atomic E-state index is 13.2. The molecular weight excluding hydrogens is 374 g/mol. The van der Waals surface area contributed by atoms with Crippen LogP contribution in [0.3, 0.4) is 0 Å². The van der Waals surface area contributed by atoms with E-state index in [1.165, 1.54) is 0 Å². The van der Waals surface area contributed by atoms with Crippen molar-refractivity contribution in [1.82, 2.24) is 5.32 Å². The number of amides is 1. The molecule has 2 aromatic heterocycles. The number of furan rings is 1. The summed E-state index contributed by atoms with van der Waals surface area (Å²) in [4.78, 5) is 14.3. The minimum absolute atomic E-state index is 0.00930. The molecule has 1 amide bonds. The quantitative estimate of drug-likeness (QED) is 0.670. The number of hydrogen-bond donors (Lipinski definition) is 1. The highest BCUT2D eigenvalue weighted by Gasteiger charge is 2.41. The fourth-order valence-corrected chi connectivity index (χ4v) is 4.32. The van der Waals surface area contributed by atoms with Gasteiger partial charge in [-0.1, -0.05) is 18.2 Å². The van der Waals surface area contributed by atoms with Crippen LogP contribution in [0, 0.1) is 0 Å². The Labute approximate surface area is 168 Å². The molecule has 1 saturated heterocycles. The summed E-state index contributed by atoms with van der Waals surface area (Å²) in [6.07, 6.45) is 1.31. The first-order valence-electron chi connectivity index (χ1n) is 9.34. The number of rotatable bonds is 6. The third-order valence-electron chi connectivity index (χ3n) is 5.27. The van der Waals surface area contributed by atoms with E-state index in [2.05, 4.69) is 5.32 Å². The molecule has 3 heterocycles. The molecule has 1 fully saturated rings. The summed E-state index contributed by atoms with van der Waals surface area (Å²) in [7, 11) is 1.64. The molecule has 0 bridgehead atoms. The summed E-state index contributed by atoms with van der Waals surface area (Å²) in [5, 5.41) is 5.10. The second kappa shape index (κ2) is 8.20. The van der Waals surface area contributed by atoms with E-state index in [4.69, 9.17) is 13.9 Å². The van der Waals surface area contributed by atoms with Crippen LogP contribution >= 0.6 is 11.3 Å². The molecule has 1 aliphatic heterocycles. The first-order valence-corrected chi connectivity index (χ1v) is 10.2. The third kappa shape index (κ3) is 3.70. The van der Waals surface area contributed by atoms with E-state index in [0.717, 1.165) is 27.7 Å². The number of ether oxygens (including phenoxy) is 2. The summed E-state index contributed by atoms with van der Waals surface area (Å²) >= 11 is 1.63. The van der Waals surface area contributed by atoms with Gasteiger partial charge in [-0.25, -0.2) is 0 Å². The van der Waals surface area contributed by atoms with Crippen molar-refractivity contribution < 1.29 is 18.7 Å². The van der Waals surface area contributed by atoms with Crippen molar-refractivity contribution in [3.63, 3.8) is 0 Å². The smallest absolute Gasteiger partial charge is 0.231 e. The predicted molar refractivity (Wildman–Crippen MR) is 109 cm³/mol. The van der Waals surface area contributed by atoms with Crippen molar-refractivity contribution in [2.45, 2.75) is 24.8 Å². The molecule has 0 saturated carbocycles. The van der Waals surface area contributed by atoms with Gasteiger partial charge in [-0.15, -0.1) is 11.3 Å². The van der Waals surface area contributed by atoms with E-state index in [0.29, 0.717) is 32.6 Å². The highest BCUT2D eigenvalue weighted by Crippen LogP contribution is 2.36. The monoisotopic (exact) mass is 397 g/mol. The molecule has 0 spiro atoms. The van der Waals surface area contributed by atoms with Crippen molar-refractivity contribution in [2.24, 2.45) is 0 Å². The predicted octanol–water partition coefficient (Wildman–Crippen LogP) is 4.38. The maximum Gasteiger partial charge on any atom is 0.231 e. The molecule has 1 aromatic carbocycles. The van der Waals surface area contributed by atoms with E-state index >= 15 is 0 Å². The van der Waals surface area contributed by atoms with Crippen molar-refractivity contribution in [3.05, 3.63) is 65.2 Å². The Morgan fingerprint density at radius 2 is 1.93 bits per heavy atom. The van der Waals surface area contributed by atoms with Gasteiger partial charge >= 0.3 is 0 Å². The summed E-state index contributed by atoms with van der Waals surface area (Å²) in [6.45, 7) is 1.51. The average molecular weight is 397 g/mol. The van der Waals surface area contributed by atoms with Crippen LogP contribution in [0.4, 0.5) is 0 Å². The van der Waals surface area contributed by atoms with Crippen LogP contribution < -0.4 is 10.1 Å². The summed E-state index contributed by atoms with van der Waals surface area (Å²) < 4.78 is 16.7. The lowest BCUT2D eigenvalue weighted by molar-refractivity contribution is -0.130. The molecule has 0 aliphatic carbocycles. The van der Waals surface area contributed by atoms with Gasteiger partial charge in [-0.3, -0.25) is 4.79 Å². The molecule has 1 aliphatic rings. The van der Waals surface area contributed by atoms with Gasteiger partial charge in [0.15, 0.2) is 0 Å². The molecule has 4 rings (SSSR count). The van der Waals surface area contributed by atoms with E-state index in [9.17, 15) is 4.79 Å². The van der Waals surface area contributed by atoms with Crippen LogP contribution in [0.5, 0.6) is 5.75 Å². The molecule has 1 N–H and O–H groups in total. The average Bonchev–Trinajstić information content (AvgIpc) is 3.44. The van der Waals surface area contributed by atoms with Crippen molar-refractivity contribution in [1.29, 1.82) is 0 Å². The van der Waals surface area contributed by atoms with Crippen molar-refractivity contribution in [2.75, 3.05) is 20.3 Å². The molecule has 5 nitrogen and oxygen atoms in total. The minimum atomic E-state index is -0.590. The van der Waals surface area contributed by atoms with Crippen LogP contribution in [0.15, 0.2) is 58.3 Å². The number of nitrogens with one attached hydrogen (secondary N) is 1. The number of thiophene rings is 1. The molecule has 3 aromatic rings. The van der Waals surface area contributed by atoms with Crippen LogP contribution in [0.25, 0.3) is 10.6 Å². The van der Waals surface area contributed by atoms with Gasteiger partial charge in [0.25, 0.3) is 0 Å². The lowest BCUT2D eigenvalue weighted by atomic mass is 9.73. The van der Waals surface area contributed by atoms with Crippen LogP contribution in [-0.4, -0.2) is 26.2 Å². The molecule has 146 valence electrons. The Kier molecular flexibility index (Phi) is 5.50. The molecule has 0 radical (unpaired) electrons. The second-order valence-electron chi connectivity index (χ2n) is 6.85. The summed E-state index contributed by atoms with van der Waals surface area (Å²) in [6, 6.07) is 15.6. The zero-order valence-corrected chi connectivity index (χ0v) is 16.6. The Hall–Kier alpha value is -2.57. The fourth-order valence-electron chi connectivity index (χ4n) is 3.64. The van der Waals surface area contributed by atoms with Gasteiger partial charge in [0.1, 0.15) is 17.3 Å². The number of hydrogen-bond acceptors (Lipinski definition) is 5. The van der Waals surface area contributed by atoms with Crippen LogP contribution in [0.1, 0.15) is 24.2 Å². The number of benzene rings is 1. The molecular formula is C22H23NO4S. The normalized spacial score (nSPS) is 15.9. The fraction of sp³-hybridized carbons (Fsp3) is 0.318. The van der Waals surface area contributed by atoms with Crippen molar-refractivity contribution in [3.8, 4) is 16.4 Å². The van der Waals surface area contributed by atoms with E-state index in [1.807, 2.05) is 53.9 Å². The van der Waals surface area contributed by atoms with Gasteiger partial charge in [-0.2, -0.15) is 0 Å².